The second kappa shape index (κ2) is 9.66. The van der Waals surface area contributed by atoms with Crippen molar-refractivity contribution in [2.24, 2.45) is 0 Å². The lowest BCUT2D eigenvalue weighted by Gasteiger charge is -2.09. The number of carbonyl (C=O) groups excluding carboxylic acids is 1. The maximum atomic E-state index is 12.5. The van der Waals surface area contributed by atoms with Crippen molar-refractivity contribution in [3.05, 3.63) is 71.4 Å². The molecule has 0 aliphatic carbocycles. The number of hydrogen-bond acceptors (Lipinski definition) is 6. The summed E-state index contributed by atoms with van der Waals surface area (Å²) in [5.41, 5.74) is 2.44. The van der Waals surface area contributed by atoms with Crippen LogP contribution in [0.5, 0.6) is 5.75 Å². The Labute approximate surface area is 164 Å². The number of nitrogens with one attached hydrogen (secondary N) is 2. The molecule has 7 heteroatoms. The number of rotatable bonds is 9. The third-order valence-corrected chi connectivity index (χ3v) is 4.06. The first-order valence-corrected chi connectivity index (χ1v) is 9.33. The molecule has 0 unspecified atom stereocenters. The van der Waals surface area contributed by atoms with Crippen LogP contribution in [0.25, 0.3) is 0 Å². The molecule has 2 N–H and O–H groups in total. The lowest BCUT2D eigenvalue weighted by molar-refractivity contribution is 0.102. The van der Waals surface area contributed by atoms with Crippen molar-refractivity contribution >= 4 is 11.6 Å². The lowest BCUT2D eigenvalue weighted by atomic mass is 10.1. The molecular weight excluding hydrogens is 356 g/mol. The van der Waals surface area contributed by atoms with Gasteiger partial charge in [0.15, 0.2) is 6.61 Å². The summed E-state index contributed by atoms with van der Waals surface area (Å²) in [6.45, 7) is 5.89. The summed E-state index contributed by atoms with van der Waals surface area (Å²) in [7, 11) is 0. The van der Waals surface area contributed by atoms with E-state index in [0.29, 0.717) is 29.4 Å². The predicted octanol–water partition coefficient (Wildman–Crippen LogP) is 3.57. The Kier molecular flexibility index (Phi) is 6.75. The van der Waals surface area contributed by atoms with E-state index in [4.69, 9.17) is 9.26 Å². The van der Waals surface area contributed by atoms with Crippen LogP contribution in [-0.2, 0) is 19.6 Å². The van der Waals surface area contributed by atoms with Crippen molar-refractivity contribution in [3.8, 4) is 5.75 Å². The Morgan fingerprint density at radius 2 is 1.96 bits per heavy atom. The van der Waals surface area contributed by atoms with Gasteiger partial charge in [0.05, 0.1) is 0 Å². The highest BCUT2D eigenvalue weighted by molar-refractivity contribution is 6.04. The number of ether oxygens (including phenoxy) is 1. The fraction of sp³-hybridized carbons (Fsp3) is 0.286. The van der Waals surface area contributed by atoms with Gasteiger partial charge in [-0.05, 0) is 48.5 Å². The first-order valence-electron chi connectivity index (χ1n) is 9.33. The van der Waals surface area contributed by atoms with Gasteiger partial charge in [0.25, 0.3) is 5.91 Å². The van der Waals surface area contributed by atoms with Gasteiger partial charge in [-0.1, -0.05) is 31.1 Å². The van der Waals surface area contributed by atoms with E-state index in [1.807, 2.05) is 31.2 Å². The number of benzene rings is 2. The number of aromatic nitrogens is 2. The minimum Gasteiger partial charge on any atom is -0.485 e. The Bertz CT molecular complexity index is 906. The first-order chi connectivity index (χ1) is 13.7. The van der Waals surface area contributed by atoms with Crippen LogP contribution in [0.3, 0.4) is 0 Å². The van der Waals surface area contributed by atoms with Crippen LogP contribution < -0.4 is 15.4 Å². The minimum atomic E-state index is -0.169. The highest BCUT2D eigenvalue weighted by Gasteiger charge is 2.08. The molecule has 28 heavy (non-hydrogen) atoms. The van der Waals surface area contributed by atoms with Crippen molar-refractivity contribution < 1.29 is 14.1 Å². The summed E-state index contributed by atoms with van der Waals surface area (Å²) >= 11 is 0. The third-order valence-electron chi connectivity index (χ3n) is 4.06. The van der Waals surface area contributed by atoms with Crippen LogP contribution in [0.2, 0.25) is 0 Å². The molecule has 0 fully saturated rings. The fourth-order valence-electron chi connectivity index (χ4n) is 2.57. The number of amides is 1. The number of hydrogen-bond donors (Lipinski definition) is 2. The van der Waals surface area contributed by atoms with Crippen LogP contribution >= 0.6 is 0 Å². The van der Waals surface area contributed by atoms with Crippen molar-refractivity contribution in [1.82, 2.24) is 15.5 Å². The van der Waals surface area contributed by atoms with Crippen LogP contribution in [-0.4, -0.2) is 22.6 Å². The molecule has 3 rings (SSSR count). The zero-order valence-corrected chi connectivity index (χ0v) is 16.1. The largest absolute Gasteiger partial charge is 0.485 e. The van der Waals surface area contributed by atoms with Gasteiger partial charge >= 0.3 is 0 Å². The molecule has 0 aliphatic heterocycles. The van der Waals surface area contributed by atoms with E-state index in [2.05, 4.69) is 27.7 Å². The average molecular weight is 380 g/mol. The molecule has 0 aliphatic rings. The second-order valence-electron chi connectivity index (χ2n) is 6.21. The van der Waals surface area contributed by atoms with Gasteiger partial charge in [0, 0.05) is 24.2 Å². The normalized spacial score (nSPS) is 10.6. The van der Waals surface area contributed by atoms with Gasteiger partial charge in [0.2, 0.25) is 11.7 Å². The van der Waals surface area contributed by atoms with E-state index < -0.39 is 0 Å². The number of nitrogens with zero attached hydrogens (tertiary/aromatic N) is 2. The molecule has 2 aromatic carbocycles. The van der Waals surface area contributed by atoms with Crippen molar-refractivity contribution in [3.63, 3.8) is 0 Å². The SMILES string of the molecule is CCNCc1cccc(NC(=O)c2ccc(OCc3noc(CC)n3)cc2)c1. The van der Waals surface area contributed by atoms with E-state index in [0.717, 1.165) is 24.3 Å². The molecule has 0 bridgehead atoms. The molecule has 1 amide bonds. The van der Waals surface area contributed by atoms with Crippen molar-refractivity contribution in [1.29, 1.82) is 0 Å². The number of aryl methyl sites for hydroxylation is 1. The maximum Gasteiger partial charge on any atom is 0.255 e. The van der Waals surface area contributed by atoms with E-state index in [1.165, 1.54) is 0 Å². The topological polar surface area (TPSA) is 89.3 Å². The highest BCUT2D eigenvalue weighted by Crippen LogP contribution is 2.16. The Morgan fingerprint density at radius 1 is 1.14 bits per heavy atom. The predicted molar refractivity (Wildman–Crippen MR) is 106 cm³/mol. The van der Waals surface area contributed by atoms with Gasteiger partial charge in [-0.3, -0.25) is 4.79 Å². The molecule has 7 nitrogen and oxygen atoms in total. The molecule has 0 radical (unpaired) electrons. The Balaban J connectivity index is 1.56. The number of anilines is 1. The van der Waals surface area contributed by atoms with Crippen LogP contribution in [0.4, 0.5) is 5.69 Å². The first kappa shape index (κ1) is 19.6. The molecule has 1 heterocycles. The smallest absolute Gasteiger partial charge is 0.255 e. The van der Waals surface area contributed by atoms with Crippen molar-refractivity contribution in [2.75, 3.05) is 11.9 Å². The molecule has 0 saturated heterocycles. The van der Waals surface area contributed by atoms with Gasteiger partial charge in [0.1, 0.15) is 5.75 Å². The lowest BCUT2D eigenvalue weighted by Crippen LogP contribution is -2.14. The average Bonchev–Trinajstić information content (AvgIpc) is 3.19. The summed E-state index contributed by atoms with van der Waals surface area (Å²) in [5.74, 6) is 1.54. The van der Waals surface area contributed by atoms with E-state index in [-0.39, 0.29) is 12.5 Å². The van der Waals surface area contributed by atoms with Gasteiger partial charge in [-0.2, -0.15) is 4.98 Å². The highest BCUT2D eigenvalue weighted by atomic mass is 16.5. The second-order valence-corrected chi connectivity index (χ2v) is 6.21. The zero-order chi connectivity index (χ0) is 19.8. The summed E-state index contributed by atoms with van der Waals surface area (Å²) in [5, 5.41) is 10.0. The minimum absolute atomic E-state index is 0.169. The molecule has 0 atom stereocenters. The Morgan fingerprint density at radius 3 is 2.68 bits per heavy atom. The van der Waals surface area contributed by atoms with E-state index in [1.54, 1.807) is 24.3 Å². The molecule has 0 spiro atoms. The quantitative estimate of drug-likeness (QED) is 0.590. The fourth-order valence-corrected chi connectivity index (χ4v) is 2.57. The van der Waals surface area contributed by atoms with Crippen LogP contribution in [0.15, 0.2) is 53.1 Å². The summed E-state index contributed by atoms with van der Waals surface area (Å²) in [6, 6.07) is 14.7. The summed E-state index contributed by atoms with van der Waals surface area (Å²) in [6.07, 6.45) is 0.689. The summed E-state index contributed by atoms with van der Waals surface area (Å²) < 4.78 is 10.7. The maximum absolute atomic E-state index is 12.5. The molecule has 146 valence electrons. The zero-order valence-electron chi connectivity index (χ0n) is 16.1. The van der Waals surface area contributed by atoms with Gasteiger partial charge < -0.3 is 19.9 Å². The third kappa shape index (κ3) is 5.40. The number of carbonyl (C=O) groups is 1. The van der Waals surface area contributed by atoms with E-state index in [9.17, 15) is 4.79 Å². The Hall–Kier alpha value is -3.19. The van der Waals surface area contributed by atoms with Gasteiger partial charge in [-0.15, -0.1) is 0 Å². The molecular formula is C21H24N4O3. The van der Waals surface area contributed by atoms with E-state index >= 15 is 0 Å². The standard InChI is InChI=1S/C21H24N4O3/c1-3-20-24-19(25-28-20)14-27-18-10-8-16(9-11-18)21(26)23-17-7-5-6-15(12-17)13-22-4-2/h5-12,22H,3-4,13-14H2,1-2H3,(H,23,26). The monoisotopic (exact) mass is 380 g/mol. The van der Waals surface area contributed by atoms with Gasteiger partial charge in [-0.25, -0.2) is 0 Å². The molecule has 1 aromatic heterocycles. The molecule has 0 saturated carbocycles. The van der Waals surface area contributed by atoms with Crippen LogP contribution in [0.1, 0.15) is 41.5 Å². The van der Waals surface area contributed by atoms with Crippen LogP contribution in [0, 0.1) is 0 Å². The summed E-state index contributed by atoms with van der Waals surface area (Å²) in [4.78, 5) is 16.7. The molecule has 3 aromatic rings. The van der Waals surface area contributed by atoms with Crippen molar-refractivity contribution in [2.45, 2.75) is 33.4 Å².